The van der Waals surface area contributed by atoms with E-state index in [1.54, 1.807) is 24.3 Å². The van der Waals surface area contributed by atoms with Gasteiger partial charge in [-0.25, -0.2) is 0 Å². The van der Waals surface area contributed by atoms with E-state index in [2.05, 4.69) is 52.8 Å². The van der Waals surface area contributed by atoms with Gasteiger partial charge in [0.25, 0.3) is 5.97 Å². The molecule has 0 bridgehead atoms. The molecule has 0 spiro atoms. The van der Waals surface area contributed by atoms with Crippen LogP contribution < -0.4 is 4.74 Å². The van der Waals surface area contributed by atoms with Crippen LogP contribution in [0.5, 0.6) is 17.2 Å². The molecule has 37 heavy (non-hydrogen) atoms. The summed E-state index contributed by atoms with van der Waals surface area (Å²) in [6.45, 7) is 13.8. The van der Waals surface area contributed by atoms with E-state index >= 15 is 0 Å². The van der Waals surface area contributed by atoms with Crippen molar-refractivity contribution in [1.29, 1.82) is 0 Å². The number of carboxylic acids is 1. The number of allylic oxidation sites excluding steroid dienone is 4. The topological polar surface area (TPSA) is 87.0 Å². The summed E-state index contributed by atoms with van der Waals surface area (Å²) in [6.07, 6.45) is 4.08. The molecule has 3 aromatic carbocycles. The number of carboxylic acid groups (broad SMARTS) is 1. The van der Waals surface area contributed by atoms with Crippen molar-refractivity contribution < 1.29 is 24.9 Å². The van der Waals surface area contributed by atoms with Gasteiger partial charge in [-0.2, -0.15) is 0 Å². The monoisotopic (exact) mass is 502 g/mol. The molecule has 0 aliphatic rings. The first kappa shape index (κ1) is 29.2. The Kier molecular flexibility index (Phi) is 9.73. The number of hydrogen-bond donors (Lipinski definition) is 3. The number of phenolic OH excluding ortho intramolecular Hbond substituents is 2. The lowest BCUT2D eigenvalue weighted by atomic mass is 9.78. The van der Waals surface area contributed by atoms with Crippen molar-refractivity contribution in [2.24, 2.45) is 0 Å². The van der Waals surface area contributed by atoms with Crippen LogP contribution in [0.15, 0.2) is 96.3 Å². The minimum atomic E-state index is -0.833. The molecule has 0 fully saturated rings. The Balaban J connectivity index is 0.00000112. The molecule has 0 unspecified atom stereocenters. The molecule has 0 amide bonds. The third-order valence-electron chi connectivity index (χ3n) is 6.59. The minimum absolute atomic E-state index is 0.161. The molecule has 0 saturated heterocycles. The average Bonchev–Trinajstić information content (AvgIpc) is 2.83. The number of hydrogen-bond acceptors (Lipinski definition) is 4. The number of aromatic hydroxyl groups is 2. The van der Waals surface area contributed by atoms with Gasteiger partial charge in [-0.1, -0.05) is 75.7 Å². The number of rotatable bonds is 7. The first-order chi connectivity index (χ1) is 17.2. The lowest BCUT2D eigenvalue weighted by Crippen LogP contribution is -2.18. The van der Waals surface area contributed by atoms with Crippen LogP contribution in [0.4, 0.5) is 0 Å². The Morgan fingerprint density at radius 2 is 1.05 bits per heavy atom. The van der Waals surface area contributed by atoms with Crippen molar-refractivity contribution in [3.05, 3.63) is 113 Å². The van der Waals surface area contributed by atoms with Crippen molar-refractivity contribution >= 4 is 5.97 Å². The summed E-state index contributed by atoms with van der Waals surface area (Å²) in [6, 6.07) is 22.9. The van der Waals surface area contributed by atoms with E-state index < -0.39 is 5.97 Å². The van der Waals surface area contributed by atoms with Gasteiger partial charge in [-0.05, 0) is 73.0 Å². The Hall–Kier alpha value is -3.99. The van der Waals surface area contributed by atoms with Gasteiger partial charge in [0.05, 0.1) is 0 Å². The Morgan fingerprint density at radius 3 is 1.49 bits per heavy atom. The summed E-state index contributed by atoms with van der Waals surface area (Å²) in [7, 11) is 0. The van der Waals surface area contributed by atoms with Crippen LogP contribution in [0, 0.1) is 0 Å². The Bertz CT molecular complexity index is 1230. The molecule has 0 aromatic heterocycles. The van der Waals surface area contributed by atoms with E-state index in [0.717, 1.165) is 29.6 Å². The van der Waals surface area contributed by atoms with Gasteiger partial charge in [-0.3, -0.25) is 4.79 Å². The zero-order valence-electron chi connectivity index (χ0n) is 22.7. The smallest absolute Gasteiger partial charge is 0.300 e. The third-order valence-corrected chi connectivity index (χ3v) is 6.59. The maximum atomic E-state index is 9.57. The molecule has 0 radical (unpaired) electrons. The SMILES string of the molecule is C/C(=C\C=C(/C)C(C)(C)c1ccc(O)cc1)Oc1ccc(C(C)(C)c2ccc(O)cc2)cc1.CC(=O)O. The van der Waals surface area contributed by atoms with Gasteiger partial charge >= 0.3 is 0 Å². The third kappa shape index (κ3) is 8.28. The molecular weight excluding hydrogens is 464 g/mol. The van der Waals surface area contributed by atoms with Gasteiger partial charge < -0.3 is 20.1 Å². The fourth-order valence-electron chi connectivity index (χ4n) is 3.76. The summed E-state index contributed by atoms with van der Waals surface area (Å²) >= 11 is 0. The highest BCUT2D eigenvalue weighted by atomic mass is 16.5. The van der Waals surface area contributed by atoms with Gasteiger partial charge in [0.2, 0.25) is 0 Å². The molecule has 0 heterocycles. The van der Waals surface area contributed by atoms with Gasteiger partial charge in [0.1, 0.15) is 23.0 Å². The molecule has 5 nitrogen and oxygen atoms in total. The second-order valence-electron chi connectivity index (χ2n) is 10.1. The van der Waals surface area contributed by atoms with Gasteiger partial charge in [0.15, 0.2) is 0 Å². The second kappa shape index (κ2) is 12.3. The molecule has 0 aliphatic heterocycles. The number of ether oxygens (including phenoxy) is 1. The van der Waals surface area contributed by atoms with Crippen LogP contribution in [0.1, 0.15) is 65.2 Å². The van der Waals surface area contributed by atoms with Gasteiger partial charge in [-0.15, -0.1) is 0 Å². The molecule has 0 atom stereocenters. The van der Waals surface area contributed by atoms with Gasteiger partial charge in [0, 0.05) is 17.8 Å². The number of phenols is 2. The van der Waals surface area contributed by atoms with Crippen molar-refractivity contribution in [1.82, 2.24) is 0 Å². The second-order valence-corrected chi connectivity index (χ2v) is 10.1. The van der Waals surface area contributed by atoms with Crippen molar-refractivity contribution in [3.63, 3.8) is 0 Å². The van der Waals surface area contributed by atoms with E-state index in [9.17, 15) is 10.2 Å². The molecule has 5 heteroatoms. The van der Waals surface area contributed by atoms with E-state index in [-0.39, 0.29) is 22.3 Å². The van der Waals surface area contributed by atoms with Crippen LogP contribution in [-0.2, 0) is 15.6 Å². The lowest BCUT2D eigenvalue weighted by molar-refractivity contribution is -0.134. The quantitative estimate of drug-likeness (QED) is 0.227. The van der Waals surface area contributed by atoms with Crippen LogP contribution in [0.2, 0.25) is 0 Å². The fourth-order valence-corrected chi connectivity index (χ4v) is 3.76. The largest absolute Gasteiger partial charge is 0.508 e. The minimum Gasteiger partial charge on any atom is -0.508 e. The predicted octanol–water partition coefficient (Wildman–Crippen LogP) is 7.72. The Morgan fingerprint density at radius 1 is 0.676 bits per heavy atom. The maximum Gasteiger partial charge on any atom is 0.300 e. The number of carbonyl (C=O) groups is 1. The summed E-state index contributed by atoms with van der Waals surface area (Å²) in [5.41, 5.74) is 4.31. The fraction of sp³-hybridized carbons (Fsp3) is 0.281. The first-order valence-electron chi connectivity index (χ1n) is 12.2. The molecule has 0 aliphatic carbocycles. The zero-order valence-corrected chi connectivity index (χ0v) is 22.7. The molecule has 196 valence electrons. The maximum absolute atomic E-state index is 9.57. The molecule has 3 aromatic rings. The van der Waals surface area contributed by atoms with E-state index in [1.807, 2.05) is 49.4 Å². The lowest BCUT2D eigenvalue weighted by Gasteiger charge is -2.26. The summed E-state index contributed by atoms with van der Waals surface area (Å²) in [5.74, 6) is 1.31. The normalized spacial score (nSPS) is 12.4. The van der Waals surface area contributed by atoms with Crippen LogP contribution in [0.25, 0.3) is 0 Å². The summed E-state index contributed by atoms with van der Waals surface area (Å²) in [5, 5.41) is 26.5. The summed E-state index contributed by atoms with van der Waals surface area (Å²) < 4.78 is 6.04. The van der Waals surface area contributed by atoms with Crippen LogP contribution >= 0.6 is 0 Å². The summed E-state index contributed by atoms with van der Waals surface area (Å²) in [4.78, 5) is 9.00. The van der Waals surface area contributed by atoms with Crippen LogP contribution in [0.3, 0.4) is 0 Å². The van der Waals surface area contributed by atoms with Crippen molar-refractivity contribution in [3.8, 4) is 17.2 Å². The number of benzene rings is 3. The molecule has 3 rings (SSSR count). The number of aliphatic carboxylic acids is 1. The highest BCUT2D eigenvalue weighted by molar-refractivity contribution is 5.63. The molecule has 0 saturated carbocycles. The Labute approximate surface area is 220 Å². The van der Waals surface area contributed by atoms with Crippen molar-refractivity contribution in [2.75, 3.05) is 0 Å². The highest BCUT2D eigenvalue weighted by Crippen LogP contribution is 2.34. The molecular formula is C32H38O5. The average molecular weight is 503 g/mol. The zero-order chi connectivity index (χ0) is 27.8. The highest BCUT2D eigenvalue weighted by Gasteiger charge is 2.23. The van der Waals surface area contributed by atoms with Crippen LogP contribution in [-0.4, -0.2) is 21.3 Å². The van der Waals surface area contributed by atoms with E-state index in [0.29, 0.717) is 0 Å². The van der Waals surface area contributed by atoms with E-state index in [4.69, 9.17) is 14.6 Å². The van der Waals surface area contributed by atoms with E-state index in [1.165, 1.54) is 11.1 Å². The first-order valence-corrected chi connectivity index (χ1v) is 12.2. The standard InChI is InChI=1S/C30H34O3.C2H4O2/c1-21(29(3,4)23-9-15-26(31)16-10-23)7-8-22(2)33-28-19-13-25(14-20-28)30(5,6)24-11-17-27(32)18-12-24;1-2(3)4/h7-20,31-32H,1-6H3;1H3,(H,3,4)/b21-7+,22-8+;. The molecule has 3 N–H and O–H groups in total. The predicted molar refractivity (Wildman–Crippen MR) is 149 cm³/mol. The van der Waals surface area contributed by atoms with Crippen molar-refractivity contribution in [2.45, 2.75) is 59.3 Å².